The number of amides is 1. The minimum absolute atomic E-state index is 0. The highest BCUT2D eigenvalue weighted by Crippen LogP contribution is 2.10. The van der Waals surface area contributed by atoms with E-state index < -0.39 is 5.60 Å². The van der Waals surface area contributed by atoms with Crippen molar-refractivity contribution in [1.29, 1.82) is 0 Å². The number of ether oxygens (including phenoxy) is 1. The average molecular weight is 322 g/mol. The Morgan fingerprint density at radius 2 is 1.29 bits per heavy atom. The van der Waals surface area contributed by atoms with Crippen molar-refractivity contribution in [2.45, 2.75) is 97.5 Å². The monoisotopic (exact) mass is 321 g/mol. The Morgan fingerprint density at radius 3 is 1.71 bits per heavy atom. The van der Waals surface area contributed by atoms with Crippen molar-refractivity contribution in [3.63, 3.8) is 0 Å². The zero-order valence-electron chi connectivity index (χ0n) is 14.5. The third kappa shape index (κ3) is 19.6. The molecule has 0 aromatic rings. The van der Waals surface area contributed by atoms with Crippen LogP contribution >= 0.6 is 12.4 Å². The number of halogens is 1. The maximum Gasteiger partial charge on any atom is 0.407 e. The Hall–Kier alpha value is -0.440. The highest BCUT2D eigenvalue weighted by molar-refractivity contribution is 5.85. The third-order valence-corrected chi connectivity index (χ3v) is 3.20. The Kier molecular flexibility index (Phi) is 15.8. The SMILES string of the molecule is CCCCCCCCCCCCNC(=O)OC(C)(C)C.Cl. The second-order valence-electron chi connectivity index (χ2n) is 6.61. The minimum atomic E-state index is -0.401. The van der Waals surface area contributed by atoms with Gasteiger partial charge in [0.2, 0.25) is 0 Å². The molecule has 0 aliphatic carbocycles. The number of carbonyl (C=O) groups excluding carboxylic acids is 1. The van der Waals surface area contributed by atoms with E-state index in [-0.39, 0.29) is 18.5 Å². The van der Waals surface area contributed by atoms with E-state index in [1.54, 1.807) is 0 Å². The van der Waals surface area contributed by atoms with Crippen LogP contribution in [0.2, 0.25) is 0 Å². The standard InChI is InChI=1S/C17H35NO2.ClH/c1-5-6-7-8-9-10-11-12-13-14-15-18-16(19)20-17(2,3)4;/h5-15H2,1-4H3,(H,18,19);1H. The molecule has 0 saturated carbocycles. The summed E-state index contributed by atoms with van der Waals surface area (Å²) < 4.78 is 5.18. The van der Waals surface area contributed by atoms with Gasteiger partial charge in [0.25, 0.3) is 0 Å². The van der Waals surface area contributed by atoms with Gasteiger partial charge in [-0.15, -0.1) is 12.4 Å². The summed E-state index contributed by atoms with van der Waals surface area (Å²) in [6.07, 6.45) is 12.8. The molecule has 0 fully saturated rings. The fourth-order valence-corrected chi connectivity index (χ4v) is 2.12. The number of nitrogens with one attached hydrogen (secondary N) is 1. The lowest BCUT2D eigenvalue weighted by molar-refractivity contribution is 0.0527. The van der Waals surface area contributed by atoms with Gasteiger partial charge in [0.1, 0.15) is 5.60 Å². The minimum Gasteiger partial charge on any atom is -0.444 e. The van der Waals surface area contributed by atoms with Crippen molar-refractivity contribution >= 4 is 18.5 Å². The molecular weight excluding hydrogens is 286 g/mol. The first-order valence-corrected chi connectivity index (χ1v) is 8.42. The topological polar surface area (TPSA) is 38.3 Å². The second-order valence-corrected chi connectivity index (χ2v) is 6.61. The molecule has 0 heterocycles. The lowest BCUT2D eigenvalue weighted by Crippen LogP contribution is -2.32. The van der Waals surface area contributed by atoms with E-state index in [0.29, 0.717) is 0 Å². The van der Waals surface area contributed by atoms with Crippen LogP contribution in [0.3, 0.4) is 0 Å². The molecule has 0 aliphatic heterocycles. The molecule has 0 aromatic heterocycles. The van der Waals surface area contributed by atoms with Gasteiger partial charge in [-0.3, -0.25) is 0 Å². The molecule has 0 spiro atoms. The Morgan fingerprint density at radius 1 is 0.857 bits per heavy atom. The van der Waals surface area contributed by atoms with Crippen LogP contribution in [-0.2, 0) is 4.74 Å². The molecule has 1 N–H and O–H groups in total. The normalized spacial score (nSPS) is 10.9. The van der Waals surface area contributed by atoms with Gasteiger partial charge in [-0.25, -0.2) is 4.79 Å². The van der Waals surface area contributed by atoms with Gasteiger partial charge in [-0.2, -0.15) is 0 Å². The van der Waals surface area contributed by atoms with Crippen molar-refractivity contribution in [3.05, 3.63) is 0 Å². The lowest BCUT2D eigenvalue weighted by Gasteiger charge is -2.19. The smallest absolute Gasteiger partial charge is 0.407 e. The summed E-state index contributed by atoms with van der Waals surface area (Å²) in [5.74, 6) is 0. The van der Waals surface area contributed by atoms with Crippen molar-refractivity contribution in [3.8, 4) is 0 Å². The Labute approximate surface area is 138 Å². The molecule has 0 bridgehead atoms. The maximum atomic E-state index is 11.4. The first-order valence-electron chi connectivity index (χ1n) is 8.42. The molecule has 0 saturated heterocycles. The van der Waals surface area contributed by atoms with E-state index in [1.165, 1.54) is 57.8 Å². The largest absolute Gasteiger partial charge is 0.444 e. The van der Waals surface area contributed by atoms with E-state index in [1.807, 2.05) is 20.8 Å². The Balaban J connectivity index is 0. The van der Waals surface area contributed by atoms with Crippen LogP contribution in [0.15, 0.2) is 0 Å². The fraction of sp³-hybridized carbons (Fsp3) is 0.941. The molecule has 0 aliphatic rings. The molecule has 4 heteroatoms. The number of hydrogen-bond acceptors (Lipinski definition) is 2. The van der Waals surface area contributed by atoms with Crippen molar-refractivity contribution in [2.75, 3.05) is 6.54 Å². The first kappa shape index (κ1) is 22.8. The van der Waals surface area contributed by atoms with Crippen molar-refractivity contribution in [2.24, 2.45) is 0 Å². The van der Waals surface area contributed by atoms with E-state index in [4.69, 9.17) is 4.74 Å². The maximum absolute atomic E-state index is 11.4. The predicted molar refractivity (Wildman–Crippen MR) is 93.3 cm³/mol. The summed E-state index contributed by atoms with van der Waals surface area (Å²) in [4.78, 5) is 11.4. The molecule has 0 unspecified atom stereocenters. The molecular formula is C17H36ClNO2. The van der Waals surface area contributed by atoms with E-state index in [9.17, 15) is 4.79 Å². The third-order valence-electron chi connectivity index (χ3n) is 3.20. The number of alkyl carbamates (subject to hydrolysis) is 1. The van der Waals surface area contributed by atoms with Gasteiger partial charge in [-0.05, 0) is 27.2 Å². The van der Waals surface area contributed by atoms with Gasteiger partial charge < -0.3 is 10.1 Å². The molecule has 0 atom stereocenters. The van der Waals surface area contributed by atoms with E-state index in [0.717, 1.165) is 13.0 Å². The van der Waals surface area contributed by atoms with Crippen LogP contribution in [0.4, 0.5) is 4.79 Å². The molecule has 0 rings (SSSR count). The molecule has 21 heavy (non-hydrogen) atoms. The summed E-state index contributed by atoms with van der Waals surface area (Å²) in [6, 6.07) is 0. The van der Waals surface area contributed by atoms with E-state index in [2.05, 4.69) is 12.2 Å². The fourth-order valence-electron chi connectivity index (χ4n) is 2.12. The number of unbranched alkanes of at least 4 members (excludes halogenated alkanes) is 9. The number of rotatable bonds is 11. The summed E-state index contributed by atoms with van der Waals surface area (Å²) in [5.41, 5.74) is -0.401. The Bertz CT molecular complexity index is 239. The zero-order valence-corrected chi connectivity index (χ0v) is 15.3. The quantitative estimate of drug-likeness (QED) is 0.484. The molecule has 0 aromatic carbocycles. The first-order chi connectivity index (χ1) is 9.45. The van der Waals surface area contributed by atoms with Crippen LogP contribution in [-0.4, -0.2) is 18.2 Å². The average Bonchev–Trinajstić information content (AvgIpc) is 2.34. The number of hydrogen-bond donors (Lipinski definition) is 1. The highest BCUT2D eigenvalue weighted by Gasteiger charge is 2.15. The summed E-state index contributed by atoms with van der Waals surface area (Å²) in [7, 11) is 0. The predicted octanol–water partition coefficient (Wildman–Crippen LogP) is 5.85. The summed E-state index contributed by atoms with van der Waals surface area (Å²) >= 11 is 0. The van der Waals surface area contributed by atoms with Gasteiger partial charge in [0, 0.05) is 6.54 Å². The van der Waals surface area contributed by atoms with Crippen LogP contribution < -0.4 is 5.32 Å². The van der Waals surface area contributed by atoms with E-state index >= 15 is 0 Å². The molecule has 3 nitrogen and oxygen atoms in total. The number of carbonyl (C=O) groups is 1. The van der Waals surface area contributed by atoms with Gasteiger partial charge >= 0.3 is 6.09 Å². The van der Waals surface area contributed by atoms with Gasteiger partial charge in [0.15, 0.2) is 0 Å². The summed E-state index contributed by atoms with van der Waals surface area (Å²) in [5, 5.41) is 2.80. The zero-order chi connectivity index (χ0) is 15.3. The van der Waals surface area contributed by atoms with Crippen LogP contribution in [0.5, 0.6) is 0 Å². The summed E-state index contributed by atoms with van der Waals surface area (Å²) in [6.45, 7) is 8.63. The van der Waals surface area contributed by atoms with Crippen LogP contribution in [0.25, 0.3) is 0 Å². The van der Waals surface area contributed by atoms with Crippen molar-refractivity contribution in [1.82, 2.24) is 5.32 Å². The molecule has 128 valence electrons. The van der Waals surface area contributed by atoms with Gasteiger partial charge in [-0.1, -0.05) is 64.7 Å². The highest BCUT2D eigenvalue weighted by atomic mass is 35.5. The molecule has 1 amide bonds. The van der Waals surface area contributed by atoms with Crippen LogP contribution in [0.1, 0.15) is 91.9 Å². The van der Waals surface area contributed by atoms with Crippen molar-refractivity contribution < 1.29 is 9.53 Å². The van der Waals surface area contributed by atoms with Gasteiger partial charge in [0.05, 0.1) is 0 Å². The van der Waals surface area contributed by atoms with Crippen LogP contribution in [0, 0.1) is 0 Å². The second kappa shape index (κ2) is 14.5. The lowest BCUT2D eigenvalue weighted by atomic mass is 10.1. The molecule has 0 radical (unpaired) electrons.